The number of hydrogen-bond donors (Lipinski definition) is 2. The minimum Gasteiger partial charge on any atom is -0.360 e. The van der Waals surface area contributed by atoms with Crippen molar-refractivity contribution in [3.8, 4) is 0 Å². The fraction of sp³-hybridized carbons (Fsp3) is 0.273. The molecule has 0 radical (unpaired) electrons. The smallest absolute Gasteiger partial charge is 0.264 e. The Bertz CT molecular complexity index is 1240. The van der Waals surface area contributed by atoms with Crippen molar-refractivity contribution in [2.75, 3.05) is 15.7 Å². The number of aliphatic hydroxyl groups is 1. The zero-order chi connectivity index (χ0) is 22.5. The van der Waals surface area contributed by atoms with Gasteiger partial charge in [0.05, 0.1) is 20.9 Å². The molecular weight excluding hydrogens is 450 g/mol. The number of amides is 1. The summed E-state index contributed by atoms with van der Waals surface area (Å²) < 4.78 is 28.5. The molecule has 2 N–H and O–H groups in total. The number of nitrogens with zero attached hydrogens (tertiary/aromatic N) is 2. The lowest BCUT2D eigenvalue weighted by atomic mass is 10.0. The number of sulfonamides is 1. The Morgan fingerprint density at radius 1 is 1.16 bits per heavy atom. The van der Waals surface area contributed by atoms with Crippen LogP contribution in [0.1, 0.15) is 18.4 Å². The van der Waals surface area contributed by atoms with Gasteiger partial charge in [0, 0.05) is 24.2 Å². The normalized spacial score (nSPS) is 23.2. The zero-order valence-corrected chi connectivity index (χ0v) is 18.6. The summed E-state index contributed by atoms with van der Waals surface area (Å²) in [4.78, 5) is 26.0. The molecule has 1 amide bonds. The number of thioether (sulfide) groups is 1. The lowest BCUT2D eigenvalue weighted by Crippen LogP contribution is -2.49. The molecule has 3 aliphatic rings. The summed E-state index contributed by atoms with van der Waals surface area (Å²) in [5.74, 6) is -0.516. The van der Waals surface area contributed by atoms with Crippen molar-refractivity contribution in [2.24, 2.45) is 0 Å². The Labute approximate surface area is 190 Å². The SMILES string of the molecule is O=CC1=C2CC(NC(O)N(c3cccc(S(=O)(=O)N4CCCc5ccccc54)c3)C2=O)S1. The molecule has 3 aliphatic heterocycles. The minimum absolute atomic E-state index is 0.0278. The number of aliphatic hydroxyl groups excluding tert-OH is 1. The van der Waals surface area contributed by atoms with E-state index in [0.29, 0.717) is 41.8 Å². The highest BCUT2D eigenvalue weighted by molar-refractivity contribution is 8.04. The van der Waals surface area contributed by atoms with Crippen molar-refractivity contribution >= 4 is 45.4 Å². The summed E-state index contributed by atoms with van der Waals surface area (Å²) in [5.41, 5.74) is 2.18. The monoisotopic (exact) mass is 471 g/mol. The van der Waals surface area contributed by atoms with Gasteiger partial charge in [0.15, 0.2) is 12.6 Å². The van der Waals surface area contributed by atoms with Crippen LogP contribution >= 0.6 is 11.8 Å². The summed E-state index contributed by atoms with van der Waals surface area (Å²) in [6, 6.07) is 13.4. The summed E-state index contributed by atoms with van der Waals surface area (Å²) in [7, 11) is -3.89. The molecule has 0 aromatic heterocycles. The fourth-order valence-electron chi connectivity index (χ4n) is 4.36. The Morgan fingerprint density at radius 3 is 2.78 bits per heavy atom. The molecule has 2 atom stereocenters. The number of para-hydroxylation sites is 1. The van der Waals surface area contributed by atoms with Gasteiger partial charge in [-0.3, -0.25) is 24.1 Å². The van der Waals surface area contributed by atoms with Crippen molar-refractivity contribution in [3.63, 3.8) is 0 Å². The highest BCUT2D eigenvalue weighted by Gasteiger charge is 2.40. The molecule has 0 spiro atoms. The molecule has 1 saturated heterocycles. The highest BCUT2D eigenvalue weighted by atomic mass is 32.2. The first-order valence-corrected chi connectivity index (χ1v) is 12.6. The summed E-state index contributed by atoms with van der Waals surface area (Å²) in [5, 5.41) is 13.2. The van der Waals surface area contributed by atoms with Crippen LogP contribution in [-0.4, -0.2) is 44.0 Å². The van der Waals surface area contributed by atoms with E-state index in [2.05, 4.69) is 5.32 Å². The maximum atomic E-state index is 13.5. The maximum absolute atomic E-state index is 13.5. The van der Waals surface area contributed by atoms with Gasteiger partial charge >= 0.3 is 0 Å². The Kier molecular flexibility index (Phi) is 5.32. The van der Waals surface area contributed by atoms with Gasteiger partial charge in [-0.1, -0.05) is 24.3 Å². The summed E-state index contributed by atoms with van der Waals surface area (Å²) in [6.45, 7) is 0.366. The molecule has 0 aliphatic carbocycles. The van der Waals surface area contributed by atoms with Crippen LogP contribution in [0.3, 0.4) is 0 Å². The summed E-state index contributed by atoms with van der Waals surface area (Å²) in [6.07, 6.45) is 1.14. The molecule has 32 heavy (non-hydrogen) atoms. The van der Waals surface area contributed by atoms with Crippen LogP contribution in [-0.2, 0) is 26.0 Å². The number of nitrogens with one attached hydrogen (secondary N) is 1. The molecule has 10 heteroatoms. The quantitative estimate of drug-likeness (QED) is 0.657. The largest absolute Gasteiger partial charge is 0.360 e. The van der Waals surface area contributed by atoms with Gasteiger partial charge in [0.1, 0.15) is 0 Å². The van der Waals surface area contributed by atoms with Crippen molar-refractivity contribution in [1.82, 2.24) is 5.32 Å². The second-order valence-electron chi connectivity index (χ2n) is 7.79. The van der Waals surface area contributed by atoms with Crippen molar-refractivity contribution in [2.45, 2.75) is 35.9 Å². The van der Waals surface area contributed by atoms with Gasteiger partial charge in [-0.15, -0.1) is 11.8 Å². The van der Waals surface area contributed by atoms with Gasteiger partial charge in [0.25, 0.3) is 15.9 Å². The van der Waals surface area contributed by atoms with E-state index < -0.39 is 22.3 Å². The molecular formula is C22H21N3O5S2. The number of aldehydes is 1. The standard InChI is InChI=1S/C22H21N3O5S2/c26-13-19-17-12-20(31-19)23-22(28)25(21(17)27)15-7-3-8-16(11-15)32(29,30)24-10-4-6-14-5-1-2-9-18(14)24/h1-3,5,7-9,11,13,20,22-23,28H,4,6,10,12H2. The third-order valence-corrected chi connectivity index (χ3v) is 8.86. The van der Waals surface area contributed by atoms with E-state index in [9.17, 15) is 23.1 Å². The number of carbonyl (C=O) groups excluding carboxylic acids is 2. The van der Waals surface area contributed by atoms with Gasteiger partial charge in [0.2, 0.25) is 0 Å². The average Bonchev–Trinajstić information content (AvgIpc) is 3.16. The number of rotatable bonds is 4. The lowest BCUT2D eigenvalue weighted by molar-refractivity contribution is -0.117. The predicted octanol–water partition coefficient (Wildman–Crippen LogP) is 1.96. The Morgan fingerprint density at radius 2 is 1.97 bits per heavy atom. The number of benzene rings is 2. The van der Waals surface area contributed by atoms with E-state index in [-0.39, 0.29) is 16.0 Å². The topological polar surface area (TPSA) is 107 Å². The molecule has 5 rings (SSSR count). The van der Waals surface area contributed by atoms with Gasteiger partial charge < -0.3 is 5.11 Å². The number of hydrogen-bond acceptors (Lipinski definition) is 7. The first-order valence-electron chi connectivity index (χ1n) is 10.2. The molecule has 0 saturated carbocycles. The number of carbonyl (C=O) groups is 2. The Hall–Kier alpha value is -2.66. The number of anilines is 2. The molecule has 166 valence electrons. The van der Waals surface area contributed by atoms with Gasteiger partial charge in [-0.05, 0) is 42.7 Å². The lowest BCUT2D eigenvalue weighted by Gasteiger charge is -2.31. The van der Waals surface area contributed by atoms with E-state index >= 15 is 0 Å². The molecule has 2 unspecified atom stereocenters. The second kappa shape index (κ2) is 8.04. The van der Waals surface area contributed by atoms with Crippen LogP contribution < -0.4 is 14.5 Å². The summed E-state index contributed by atoms with van der Waals surface area (Å²) >= 11 is 1.21. The first kappa shape index (κ1) is 21.2. The van der Waals surface area contributed by atoms with Gasteiger partial charge in [-0.2, -0.15) is 0 Å². The second-order valence-corrected chi connectivity index (χ2v) is 10.9. The Balaban J connectivity index is 1.54. The van der Waals surface area contributed by atoms with Crippen molar-refractivity contribution < 1.29 is 23.1 Å². The number of aryl methyl sites for hydroxylation is 1. The van der Waals surface area contributed by atoms with Crippen molar-refractivity contribution in [1.29, 1.82) is 0 Å². The fourth-order valence-corrected chi connectivity index (χ4v) is 7.06. The number of allylic oxidation sites excluding steroid dienone is 1. The van der Waals surface area contributed by atoms with E-state index in [0.717, 1.165) is 16.9 Å². The molecule has 2 aromatic carbocycles. The minimum atomic E-state index is -3.89. The average molecular weight is 472 g/mol. The van der Waals surface area contributed by atoms with Crippen LogP contribution in [0.15, 0.2) is 63.9 Å². The third kappa shape index (κ3) is 3.43. The highest BCUT2D eigenvalue weighted by Crippen LogP contribution is 2.40. The van der Waals surface area contributed by atoms with E-state index in [1.807, 2.05) is 18.2 Å². The zero-order valence-electron chi connectivity index (χ0n) is 17.0. The maximum Gasteiger partial charge on any atom is 0.264 e. The molecule has 2 aromatic rings. The van der Waals surface area contributed by atoms with Crippen LogP contribution in [0.2, 0.25) is 0 Å². The van der Waals surface area contributed by atoms with E-state index in [4.69, 9.17) is 0 Å². The van der Waals surface area contributed by atoms with Gasteiger partial charge in [-0.25, -0.2) is 8.42 Å². The van der Waals surface area contributed by atoms with E-state index in [1.54, 1.807) is 18.2 Å². The van der Waals surface area contributed by atoms with Crippen LogP contribution in [0.4, 0.5) is 11.4 Å². The number of fused-ring (bicyclic) bond motifs is 3. The van der Waals surface area contributed by atoms with Crippen LogP contribution in [0, 0.1) is 0 Å². The molecule has 1 fully saturated rings. The van der Waals surface area contributed by atoms with Crippen LogP contribution in [0.25, 0.3) is 0 Å². The predicted molar refractivity (Wildman–Crippen MR) is 121 cm³/mol. The molecule has 3 heterocycles. The first-order chi connectivity index (χ1) is 15.4. The molecule has 2 bridgehead atoms. The van der Waals surface area contributed by atoms with Crippen molar-refractivity contribution in [3.05, 3.63) is 64.6 Å². The van der Waals surface area contributed by atoms with E-state index in [1.165, 1.54) is 28.2 Å². The van der Waals surface area contributed by atoms with Crippen LogP contribution in [0.5, 0.6) is 0 Å². The molecule has 8 nitrogen and oxygen atoms in total. The third-order valence-electron chi connectivity index (χ3n) is 5.87.